The molecule has 0 saturated carbocycles. The lowest BCUT2D eigenvalue weighted by molar-refractivity contribution is 0.135. The first kappa shape index (κ1) is 38.4. The van der Waals surface area contributed by atoms with Crippen LogP contribution in [0.3, 0.4) is 0 Å². The van der Waals surface area contributed by atoms with Crippen molar-refractivity contribution in [2.24, 2.45) is 0 Å². The van der Waals surface area contributed by atoms with Crippen LogP contribution in [0.4, 0.5) is 0 Å². The molecule has 0 aromatic carbocycles. The van der Waals surface area contributed by atoms with Crippen molar-refractivity contribution in [3.05, 3.63) is 12.4 Å². The molecule has 0 bridgehead atoms. The average molecular weight is 575 g/mol. The van der Waals surface area contributed by atoms with Crippen molar-refractivity contribution in [2.75, 3.05) is 13.1 Å². The maximum atomic E-state index is 2.72. The molecule has 2 nitrogen and oxygen atoms in total. The first-order valence-corrected chi connectivity index (χ1v) is 19.5. The highest BCUT2D eigenvalue weighted by Gasteiger charge is 2.24. The van der Waals surface area contributed by atoms with Gasteiger partial charge in [-0.15, -0.1) is 0 Å². The topological polar surface area (TPSA) is 6.48 Å². The van der Waals surface area contributed by atoms with E-state index in [2.05, 4.69) is 43.0 Å². The predicted molar refractivity (Wildman–Crippen MR) is 186 cm³/mol. The molecule has 0 amide bonds. The first-order valence-electron chi connectivity index (χ1n) is 19.5. The zero-order valence-electron chi connectivity index (χ0n) is 29.0. The third-order valence-corrected chi connectivity index (χ3v) is 9.57. The third-order valence-electron chi connectivity index (χ3n) is 9.57. The molecule has 0 N–H and O–H groups in total. The van der Waals surface area contributed by atoms with E-state index < -0.39 is 0 Å². The number of nitrogens with zero attached hydrogens (tertiary/aromatic N) is 2. The number of hydrogen-bond donors (Lipinski definition) is 0. The van der Waals surface area contributed by atoms with Crippen LogP contribution in [-0.2, 0) is 0 Å². The molecule has 0 saturated heterocycles. The molecule has 1 rings (SSSR count). The second-order valence-corrected chi connectivity index (χ2v) is 13.6. The van der Waals surface area contributed by atoms with Gasteiger partial charge in [-0.2, -0.15) is 0 Å². The first-order chi connectivity index (χ1) is 20.3. The fourth-order valence-electron chi connectivity index (χ4n) is 6.72. The SMILES string of the molecule is CCCCCCCCCCCCCCN1C=CN(CCCCCCCCCC)C1CCCCCCCCCCCC. The maximum absolute atomic E-state index is 2.72. The van der Waals surface area contributed by atoms with Gasteiger partial charge in [-0.3, -0.25) is 0 Å². The summed E-state index contributed by atoms with van der Waals surface area (Å²) in [5, 5.41) is 0. The summed E-state index contributed by atoms with van der Waals surface area (Å²) in [6, 6.07) is 0. The van der Waals surface area contributed by atoms with Crippen molar-refractivity contribution in [3.63, 3.8) is 0 Å². The van der Waals surface area contributed by atoms with Gasteiger partial charge < -0.3 is 9.80 Å². The molecule has 0 radical (unpaired) electrons. The molecule has 1 aliphatic rings. The van der Waals surface area contributed by atoms with Gasteiger partial charge in [-0.1, -0.05) is 194 Å². The van der Waals surface area contributed by atoms with E-state index >= 15 is 0 Å². The average Bonchev–Trinajstić information content (AvgIpc) is 3.37. The molecule has 0 aromatic heterocycles. The quantitative estimate of drug-likeness (QED) is 0.0719. The Morgan fingerprint density at radius 2 is 0.561 bits per heavy atom. The summed E-state index contributed by atoms with van der Waals surface area (Å²) in [5.74, 6) is 0. The van der Waals surface area contributed by atoms with Gasteiger partial charge in [0, 0.05) is 25.5 Å². The largest absolute Gasteiger partial charge is 0.356 e. The summed E-state index contributed by atoms with van der Waals surface area (Å²) in [4.78, 5) is 5.43. The fraction of sp³-hybridized carbons (Fsp3) is 0.949. The van der Waals surface area contributed by atoms with Crippen LogP contribution < -0.4 is 0 Å². The summed E-state index contributed by atoms with van der Waals surface area (Å²) in [7, 11) is 0. The highest BCUT2D eigenvalue weighted by Crippen LogP contribution is 2.24. The third kappa shape index (κ3) is 23.5. The van der Waals surface area contributed by atoms with Crippen molar-refractivity contribution in [3.8, 4) is 0 Å². The Balaban J connectivity index is 2.22. The van der Waals surface area contributed by atoms with E-state index in [1.165, 1.54) is 212 Å². The van der Waals surface area contributed by atoms with Gasteiger partial charge in [-0.05, 0) is 25.7 Å². The number of rotatable bonds is 33. The van der Waals surface area contributed by atoms with E-state index in [4.69, 9.17) is 0 Å². The minimum atomic E-state index is 0.640. The lowest BCUT2D eigenvalue weighted by Gasteiger charge is -2.33. The van der Waals surface area contributed by atoms with Crippen molar-refractivity contribution in [1.82, 2.24) is 9.80 Å². The van der Waals surface area contributed by atoms with Crippen LogP contribution in [0.5, 0.6) is 0 Å². The molecule has 0 spiro atoms. The van der Waals surface area contributed by atoms with Gasteiger partial charge in [-0.25, -0.2) is 0 Å². The van der Waals surface area contributed by atoms with Crippen LogP contribution in [0.2, 0.25) is 0 Å². The fourth-order valence-corrected chi connectivity index (χ4v) is 6.72. The lowest BCUT2D eigenvalue weighted by atomic mass is 10.0. The second-order valence-electron chi connectivity index (χ2n) is 13.6. The number of unbranched alkanes of at least 4 members (excludes halogenated alkanes) is 27. The monoisotopic (exact) mass is 575 g/mol. The number of hydrogen-bond acceptors (Lipinski definition) is 2. The van der Waals surface area contributed by atoms with E-state index in [0.717, 1.165) is 0 Å². The summed E-state index contributed by atoms with van der Waals surface area (Å²) in [6.07, 6.45) is 49.9. The molecule has 1 heterocycles. The molecule has 244 valence electrons. The molecule has 1 unspecified atom stereocenters. The van der Waals surface area contributed by atoms with Crippen LogP contribution in [0.1, 0.15) is 220 Å². The molecule has 2 heteroatoms. The van der Waals surface area contributed by atoms with Crippen molar-refractivity contribution in [2.45, 2.75) is 226 Å². The van der Waals surface area contributed by atoms with Crippen LogP contribution in [0.25, 0.3) is 0 Å². The van der Waals surface area contributed by atoms with Crippen LogP contribution >= 0.6 is 0 Å². The van der Waals surface area contributed by atoms with Gasteiger partial charge in [0.15, 0.2) is 0 Å². The molecular formula is C39H78N2. The molecule has 41 heavy (non-hydrogen) atoms. The van der Waals surface area contributed by atoms with Crippen molar-refractivity contribution in [1.29, 1.82) is 0 Å². The Kier molecular flexibility index (Phi) is 28.8. The molecule has 0 aliphatic carbocycles. The molecule has 0 fully saturated rings. The Hall–Kier alpha value is -0.660. The Labute approximate surface area is 260 Å². The zero-order valence-corrected chi connectivity index (χ0v) is 29.0. The van der Waals surface area contributed by atoms with Gasteiger partial charge in [0.1, 0.15) is 6.17 Å². The highest BCUT2D eigenvalue weighted by atomic mass is 15.4. The van der Waals surface area contributed by atoms with E-state index in [9.17, 15) is 0 Å². The Morgan fingerprint density at radius 3 is 0.854 bits per heavy atom. The van der Waals surface area contributed by atoms with E-state index in [1.54, 1.807) is 0 Å². The minimum Gasteiger partial charge on any atom is -0.356 e. The summed E-state index contributed by atoms with van der Waals surface area (Å²) < 4.78 is 0. The molecule has 1 atom stereocenters. The standard InChI is InChI=1S/C39H78N2/c1-4-7-10-13-16-19-21-22-24-27-30-33-36-41-38-37-40(35-32-29-26-18-15-12-9-6-3)39(41)34-31-28-25-23-20-17-14-11-8-5-2/h37-39H,4-36H2,1-3H3. The molecule has 1 aliphatic heterocycles. The second kappa shape index (κ2) is 30.8. The molecule has 0 aromatic rings. The maximum Gasteiger partial charge on any atom is 0.101 e. The van der Waals surface area contributed by atoms with Crippen molar-refractivity contribution >= 4 is 0 Å². The Bertz CT molecular complexity index is 530. The molecular weight excluding hydrogens is 496 g/mol. The zero-order chi connectivity index (χ0) is 29.5. The predicted octanol–water partition coefficient (Wildman–Crippen LogP) is 13.6. The van der Waals surface area contributed by atoms with Gasteiger partial charge in [0.2, 0.25) is 0 Å². The van der Waals surface area contributed by atoms with Crippen LogP contribution in [0.15, 0.2) is 12.4 Å². The smallest absolute Gasteiger partial charge is 0.101 e. The van der Waals surface area contributed by atoms with E-state index in [0.29, 0.717) is 6.17 Å². The Morgan fingerprint density at radius 1 is 0.317 bits per heavy atom. The van der Waals surface area contributed by atoms with E-state index in [1.807, 2.05) is 0 Å². The summed E-state index contributed by atoms with van der Waals surface area (Å²) >= 11 is 0. The van der Waals surface area contributed by atoms with Gasteiger partial charge in [0.25, 0.3) is 0 Å². The lowest BCUT2D eigenvalue weighted by Crippen LogP contribution is -2.39. The van der Waals surface area contributed by atoms with Crippen LogP contribution in [-0.4, -0.2) is 29.1 Å². The van der Waals surface area contributed by atoms with Gasteiger partial charge in [0.05, 0.1) is 0 Å². The van der Waals surface area contributed by atoms with Gasteiger partial charge >= 0.3 is 0 Å². The van der Waals surface area contributed by atoms with Crippen LogP contribution in [0, 0.1) is 0 Å². The van der Waals surface area contributed by atoms with E-state index in [-0.39, 0.29) is 0 Å². The summed E-state index contributed by atoms with van der Waals surface area (Å²) in [5.41, 5.74) is 0. The minimum absolute atomic E-state index is 0.640. The normalized spacial score (nSPS) is 15.0. The highest BCUT2D eigenvalue weighted by molar-refractivity contribution is 4.97. The summed E-state index contributed by atoms with van der Waals surface area (Å²) in [6.45, 7) is 9.48. The van der Waals surface area contributed by atoms with Crippen molar-refractivity contribution < 1.29 is 0 Å².